The summed E-state index contributed by atoms with van der Waals surface area (Å²) in [5.74, 6) is -0.389. The first-order valence-corrected chi connectivity index (χ1v) is 6.66. The Morgan fingerprint density at radius 3 is 2.43 bits per heavy atom. The zero-order valence-corrected chi connectivity index (χ0v) is 12.0. The van der Waals surface area contributed by atoms with Crippen molar-refractivity contribution in [3.8, 4) is 5.75 Å². The molecule has 1 amide bonds. The van der Waals surface area contributed by atoms with Crippen molar-refractivity contribution in [2.75, 3.05) is 20.3 Å². The zero-order valence-electron chi connectivity index (χ0n) is 12.0. The Bertz CT molecular complexity index is 666. The molecule has 0 unspecified atom stereocenters. The summed E-state index contributed by atoms with van der Waals surface area (Å²) < 4.78 is 10.2. The highest BCUT2D eigenvalue weighted by atomic mass is 16.5. The summed E-state index contributed by atoms with van der Waals surface area (Å²) in [6.07, 6.45) is 0. The monoisotopic (exact) mass is 287 g/mol. The van der Waals surface area contributed by atoms with Crippen molar-refractivity contribution in [2.45, 2.75) is 6.92 Å². The third-order valence-corrected chi connectivity index (χ3v) is 2.99. The van der Waals surface area contributed by atoms with Crippen molar-refractivity contribution in [1.82, 2.24) is 5.32 Å². The Kier molecular flexibility index (Phi) is 4.77. The molecule has 0 aliphatic carbocycles. The van der Waals surface area contributed by atoms with Crippen molar-refractivity contribution in [1.29, 1.82) is 0 Å². The second-order valence-corrected chi connectivity index (χ2v) is 4.43. The molecule has 21 heavy (non-hydrogen) atoms. The Morgan fingerprint density at radius 1 is 1.14 bits per heavy atom. The Hall–Kier alpha value is -2.56. The molecule has 0 saturated heterocycles. The number of amides is 1. The van der Waals surface area contributed by atoms with Crippen LogP contribution in [0.25, 0.3) is 10.8 Å². The number of benzene rings is 2. The lowest BCUT2D eigenvalue weighted by Gasteiger charge is -2.11. The first-order valence-electron chi connectivity index (χ1n) is 6.66. The number of ether oxygens (including phenoxy) is 2. The van der Waals surface area contributed by atoms with Gasteiger partial charge in [-0.2, -0.15) is 0 Å². The number of methoxy groups -OCH3 is 1. The number of hydrogen-bond acceptors (Lipinski definition) is 4. The summed E-state index contributed by atoms with van der Waals surface area (Å²) in [5, 5.41) is 4.47. The van der Waals surface area contributed by atoms with Crippen LogP contribution in [0.4, 0.5) is 0 Å². The minimum atomic E-state index is -0.494. The molecule has 0 atom stereocenters. The first-order chi connectivity index (χ1) is 10.2. The fraction of sp³-hybridized carbons (Fsp3) is 0.250. The smallest absolute Gasteiger partial charge is 0.341 e. The number of likely N-dealkylation sites (N-methyl/N-ethyl adjacent to an activating group) is 1. The maximum Gasteiger partial charge on any atom is 0.341 e. The van der Waals surface area contributed by atoms with Gasteiger partial charge in [0.2, 0.25) is 0 Å². The van der Waals surface area contributed by atoms with Crippen LogP contribution in [0.15, 0.2) is 36.4 Å². The van der Waals surface area contributed by atoms with Crippen molar-refractivity contribution < 1.29 is 19.1 Å². The molecule has 2 aromatic carbocycles. The van der Waals surface area contributed by atoms with Gasteiger partial charge in [0.15, 0.2) is 6.61 Å². The number of hydrogen-bond donors (Lipinski definition) is 1. The van der Waals surface area contributed by atoms with Crippen molar-refractivity contribution in [3.05, 3.63) is 42.0 Å². The van der Waals surface area contributed by atoms with E-state index in [1.807, 2.05) is 31.2 Å². The molecule has 110 valence electrons. The van der Waals surface area contributed by atoms with Gasteiger partial charge in [-0.25, -0.2) is 4.79 Å². The summed E-state index contributed by atoms with van der Waals surface area (Å²) in [4.78, 5) is 23.3. The molecule has 0 bridgehead atoms. The molecule has 0 spiro atoms. The van der Waals surface area contributed by atoms with Crippen LogP contribution in [-0.4, -0.2) is 32.1 Å². The molecule has 1 N–H and O–H groups in total. The molecule has 0 heterocycles. The van der Waals surface area contributed by atoms with E-state index in [2.05, 4.69) is 5.32 Å². The zero-order chi connectivity index (χ0) is 15.2. The van der Waals surface area contributed by atoms with Gasteiger partial charge in [0.05, 0.1) is 7.11 Å². The third kappa shape index (κ3) is 3.51. The van der Waals surface area contributed by atoms with Gasteiger partial charge in [-0.3, -0.25) is 4.79 Å². The summed E-state index contributed by atoms with van der Waals surface area (Å²) >= 11 is 0. The standard InChI is InChI=1S/C16H17NO4/c1-3-17-15(18)10-21-14-9-12-7-5-4-6-11(12)8-13(14)16(19)20-2/h4-9H,3,10H2,1-2H3,(H,17,18). The lowest BCUT2D eigenvalue weighted by molar-refractivity contribution is -0.123. The molecular formula is C16H17NO4. The normalized spacial score (nSPS) is 10.2. The summed E-state index contributed by atoms with van der Waals surface area (Å²) in [6.45, 7) is 2.22. The number of carbonyl (C=O) groups excluding carboxylic acids is 2. The highest BCUT2D eigenvalue weighted by Crippen LogP contribution is 2.26. The molecule has 0 aliphatic rings. The number of fused-ring (bicyclic) bond motifs is 1. The van der Waals surface area contributed by atoms with E-state index >= 15 is 0 Å². The molecule has 5 nitrogen and oxygen atoms in total. The van der Waals surface area contributed by atoms with Crippen LogP contribution < -0.4 is 10.1 Å². The number of rotatable bonds is 5. The van der Waals surface area contributed by atoms with Crippen LogP contribution >= 0.6 is 0 Å². The Balaban J connectivity index is 2.34. The number of esters is 1. The third-order valence-electron chi connectivity index (χ3n) is 2.99. The molecule has 0 aromatic heterocycles. The quantitative estimate of drug-likeness (QED) is 0.856. The summed E-state index contributed by atoms with van der Waals surface area (Å²) in [5.41, 5.74) is 0.306. The number of carbonyl (C=O) groups is 2. The van der Waals surface area contributed by atoms with Gasteiger partial charge < -0.3 is 14.8 Å². The molecule has 2 rings (SSSR count). The topological polar surface area (TPSA) is 64.6 Å². The van der Waals surface area contributed by atoms with Gasteiger partial charge in [-0.1, -0.05) is 24.3 Å². The molecule has 0 saturated carbocycles. The largest absolute Gasteiger partial charge is 0.483 e. The molecule has 0 fully saturated rings. The van der Waals surface area contributed by atoms with Gasteiger partial charge in [-0.05, 0) is 29.8 Å². The van der Waals surface area contributed by atoms with Crippen LogP contribution in [0.5, 0.6) is 5.75 Å². The van der Waals surface area contributed by atoms with Gasteiger partial charge in [0.1, 0.15) is 11.3 Å². The van der Waals surface area contributed by atoms with Gasteiger partial charge >= 0.3 is 5.97 Å². The van der Waals surface area contributed by atoms with E-state index in [-0.39, 0.29) is 12.5 Å². The van der Waals surface area contributed by atoms with Crippen molar-refractivity contribution >= 4 is 22.6 Å². The van der Waals surface area contributed by atoms with E-state index in [0.29, 0.717) is 17.9 Å². The van der Waals surface area contributed by atoms with E-state index in [0.717, 1.165) is 10.8 Å². The Morgan fingerprint density at radius 2 is 1.81 bits per heavy atom. The maximum atomic E-state index is 11.8. The van der Waals surface area contributed by atoms with Crippen molar-refractivity contribution in [3.63, 3.8) is 0 Å². The maximum absolute atomic E-state index is 11.8. The van der Waals surface area contributed by atoms with Crippen LogP contribution in [0.3, 0.4) is 0 Å². The molecule has 0 aliphatic heterocycles. The van der Waals surface area contributed by atoms with Crippen LogP contribution in [0.1, 0.15) is 17.3 Å². The minimum Gasteiger partial charge on any atom is -0.483 e. The van der Waals surface area contributed by atoms with Gasteiger partial charge in [0.25, 0.3) is 5.91 Å². The van der Waals surface area contributed by atoms with Crippen LogP contribution in [0.2, 0.25) is 0 Å². The molecular weight excluding hydrogens is 270 g/mol. The lowest BCUT2D eigenvalue weighted by Crippen LogP contribution is -2.28. The predicted octanol–water partition coefficient (Wildman–Crippen LogP) is 2.14. The fourth-order valence-corrected chi connectivity index (χ4v) is 2.00. The summed E-state index contributed by atoms with van der Waals surface area (Å²) in [6, 6.07) is 11.0. The first kappa shape index (κ1) is 14.8. The average molecular weight is 287 g/mol. The SMILES string of the molecule is CCNC(=O)COc1cc2ccccc2cc1C(=O)OC. The van der Waals surface area contributed by atoms with Gasteiger partial charge in [0, 0.05) is 6.54 Å². The van der Waals surface area contributed by atoms with Crippen LogP contribution in [0, 0.1) is 0 Å². The minimum absolute atomic E-state index is 0.143. The predicted molar refractivity (Wildman–Crippen MR) is 79.5 cm³/mol. The molecule has 0 radical (unpaired) electrons. The van der Waals surface area contributed by atoms with E-state index in [9.17, 15) is 9.59 Å². The summed E-state index contributed by atoms with van der Waals surface area (Å²) in [7, 11) is 1.31. The van der Waals surface area contributed by atoms with Crippen molar-refractivity contribution in [2.24, 2.45) is 0 Å². The molecule has 5 heteroatoms. The van der Waals surface area contributed by atoms with E-state index < -0.39 is 5.97 Å². The fourth-order valence-electron chi connectivity index (χ4n) is 2.00. The average Bonchev–Trinajstić information content (AvgIpc) is 2.51. The number of nitrogens with one attached hydrogen (secondary N) is 1. The second kappa shape index (κ2) is 6.74. The molecule has 2 aromatic rings. The highest BCUT2D eigenvalue weighted by molar-refractivity contribution is 5.98. The van der Waals surface area contributed by atoms with E-state index in [1.165, 1.54) is 7.11 Å². The second-order valence-electron chi connectivity index (χ2n) is 4.43. The lowest BCUT2D eigenvalue weighted by atomic mass is 10.1. The van der Waals surface area contributed by atoms with Gasteiger partial charge in [-0.15, -0.1) is 0 Å². The highest BCUT2D eigenvalue weighted by Gasteiger charge is 2.15. The van der Waals surface area contributed by atoms with E-state index in [1.54, 1.807) is 12.1 Å². The van der Waals surface area contributed by atoms with E-state index in [4.69, 9.17) is 9.47 Å². The Labute approximate surface area is 122 Å². The van der Waals surface area contributed by atoms with Crippen LogP contribution in [-0.2, 0) is 9.53 Å².